The third kappa shape index (κ3) is 5.00. The number of nitrogens with one attached hydrogen (secondary N) is 1. The second-order valence-electron chi connectivity index (χ2n) is 9.82. The molecule has 1 unspecified atom stereocenters. The van der Waals surface area contributed by atoms with Crippen LogP contribution >= 0.6 is 11.3 Å². The molecular weight excluding hydrogens is 492 g/mol. The topological polar surface area (TPSA) is 122 Å². The Labute approximate surface area is 219 Å². The van der Waals surface area contributed by atoms with Crippen molar-refractivity contribution < 1.29 is 18.8 Å². The van der Waals surface area contributed by atoms with Gasteiger partial charge in [0.15, 0.2) is 0 Å². The minimum Gasteiger partial charge on any atom is -0.421 e. The number of thiazole rings is 1. The van der Waals surface area contributed by atoms with E-state index in [9.17, 15) is 14.4 Å². The Morgan fingerprint density at radius 3 is 2.70 bits per heavy atom. The van der Waals surface area contributed by atoms with E-state index in [-0.39, 0.29) is 23.6 Å². The second kappa shape index (κ2) is 10.0. The number of aryl methyl sites for hydroxylation is 2. The summed E-state index contributed by atoms with van der Waals surface area (Å²) in [5.74, 6) is 0.539. The molecule has 3 amide bonds. The molecule has 1 aromatic carbocycles. The summed E-state index contributed by atoms with van der Waals surface area (Å²) in [5, 5.41) is 10.6. The van der Waals surface area contributed by atoms with Crippen molar-refractivity contribution >= 4 is 29.1 Å². The van der Waals surface area contributed by atoms with Gasteiger partial charge in [-0.3, -0.25) is 14.4 Å². The molecule has 2 aliphatic rings. The van der Waals surface area contributed by atoms with Crippen molar-refractivity contribution in [3.8, 4) is 11.5 Å². The number of amides is 3. The molecule has 1 saturated carbocycles. The van der Waals surface area contributed by atoms with Crippen LogP contribution in [-0.4, -0.2) is 69.4 Å². The first-order valence-corrected chi connectivity index (χ1v) is 13.3. The van der Waals surface area contributed by atoms with Gasteiger partial charge >= 0.3 is 0 Å². The summed E-state index contributed by atoms with van der Waals surface area (Å²) in [6.07, 6.45) is 1.97. The fourth-order valence-corrected chi connectivity index (χ4v) is 5.73. The summed E-state index contributed by atoms with van der Waals surface area (Å²) in [5.41, 5.74) is 3.00. The highest BCUT2D eigenvalue weighted by molar-refractivity contribution is 7.09. The SMILES string of the molecule is CNC(=O)C1(C(=O)N2CCC(CN(Cc3scnc3C)C(=O)c3cccc(-c4nnc(C)o4)c3)C2)CC1. The molecule has 1 aliphatic heterocycles. The largest absolute Gasteiger partial charge is 0.421 e. The number of carbonyl (C=O) groups is 3. The van der Waals surface area contributed by atoms with E-state index in [2.05, 4.69) is 20.5 Å². The van der Waals surface area contributed by atoms with Crippen LogP contribution in [0.25, 0.3) is 11.5 Å². The van der Waals surface area contributed by atoms with Gasteiger partial charge in [0.25, 0.3) is 5.91 Å². The number of benzene rings is 1. The number of hydrogen-bond donors (Lipinski definition) is 1. The Morgan fingerprint density at radius 1 is 1.24 bits per heavy atom. The van der Waals surface area contributed by atoms with Crippen molar-refractivity contribution in [3.63, 3.8) is 0 Å². The average Bonchev–Trinajstić information content (AvgIpc) is 3.17. The van der Waals surface area contributed by atoms with Crippen LogP contribution in [0.1, 0.15) is 46.1 Å². The molecule has 11 heteroatoms. The standard InChI is InChI=1S/C26H30N6O4S/c1-16-21(37-15-28-16)14-32(23(33)20-6-4-5-19(11-20)22-30-29-17(2)36-22)13-18-7-10-31(12-18)25(35)26(8-9-26)24(34)27-3/h4-6,11,15,18H,7-10,12-14H2,1-3H3,(H,27,34). The molecule has 194 valence electrons. The van der Waals surface area contributed by atoms with Crippen LogP contribution in [0.15, 0.2) is 34.2 Å². The van der Waals surface area contributed by atoms with Crippen molar-refractivity contribution in [2.45, 2.75) is 39.7 Å². The average molecular weight is 523 g/mol. The maximum atomic E-state index is 13.8. The maximum absolute atomic E-state index is 13.8. The summed E-state index contributed by atoms with van der Waals surface area (Å²) in [7, 11) is 1.57. The summed E-state index contributed by atoms with van der Waals surface area (Å²) < 4.78 is 5.55. The summed E-state index contributed by atoms with van der Waals surface area (Å²) in [6.45, 7) is 5.72. The minimum atomic E-state index is -0.896. The van der Waals surface area contributed by atoms with Gasteiger partial charge in [-0.25, -0.2) is 4.98 Å². The van der Waals surface area contributed by atoms with E-state index >= 15 is 0 Å². The van der Waals surface area contributed by atoms with Crippen LogP contribution in [0, 0.1) is 25.2 Å². The predicted octanol–water partition coefficient (Wildman–Crippen LogP) is 2.83. The first kappa shape index (κ1) is 25.1. The lowest BCUT2D eigenvalue weighted by atomic mass is 10.0. The number of hydrogen-bond acceptors (Lipinski definition) is 8. The van der Waals surface area contributed by atoms with Gasteiger partial charge in [-0.2, -0.15) is 0 Å². The van der Waals surface area contributed by atoms with Gasteiger partial charge in [-0.05, 0) is 50.3 Å². The first-order valence-electron chi connectivity index (χ1n) is 12.4. The van der Waals surface area contributed by atoms with Crippen molar-refractivity contribution in [1.29, 1.82) is 0 Å². The zero-order chi connectivity index (χ0) is 26.2. The minimum absolute atomic E-state index is 0.0897. The summed E-state index contributed by atoms with van der Waals surface area (Å²) in [6, 6.07) is 7.20. The van der Waals surface area contributed by atoms with Gasteiger partial charge in [-0.15, -0.1) is 21.5 Å². The lowest BCUT2D eigenvalue weighted by Crippen LogP contribution is -2.44. The number of likely N-dealkylation sites (tertiary alicyclic amines) is 1. The monoisotopic (exact) mass is 522 g/mol. The second-order valence-corrected chi connectivity index (χ2v) is 10.8. The molecule has 5 rings (SSSR count). The zero-order valence-electron chi connectivity index (χ0n) is 21.2. The molecule has 1 aliphatic carbocycles. The molecule has 0 spiro atoms. The van der Waals surface area contributed by atoms with E-state index in [1.54, 1.807) is 36.5 Å². The Kier molecular flexibility index (Phi) is 6.80. The summed E-state index contributed by atoms with van der Waals surface area (Å²) in [4.78, 5) is 48.2. The number of carbonyl (C=O) groups excluding carboxylic acids is 3. The Hall–Kier alpha value is -3.60. The van der Waals surface area contributed by atoms with E-state index in [4.69, 9.17) is 4.42 Å². The third-order valence-electron chi connectivity index (χ3n) is 7.22. The molecule has 0 bridgehead atoms. The van der Waals surface area contributed by atoms with Crippen LogP contribution in [0.5, 0.6) is 0 Å². The summed E-state index contributed by atoms with van der Waals surface area (Å²) >= 11 is 1.53. The molecule has 3 heterocycles. The van der Waals surface area contributed by atoms with E-state index in [1.807, 2.05) is 24.0 Å². The van der Waals surface area contributed by atoms with Crippen molar-refractivity contribution in [1.82, 2.24) is 30.3 Å². The maximum Gasteiger partial charge on any atom is 0.254 e. The normalized spacial score (nSPS) is 18.0. The Morgan fingerprint density at radius 2 is 2.05 bits per heavy atom. The Balaban J connectivity index is 1.34. The smallest absolute Gasteiger partial charge is 0.254 e. The van der Waals surface area contributed by atoms with Crippen LogP contribution in [0.3, 0.4) is 0 Å². The lowest BCUT2D eigenvalue weighted by Gasteiger charge is -2.27. The van der Waals surface area contributed by atoms with Gasteiger partial charge in [0.1, 0.15) is 5.41 Å². The highest BCUT2D eigenvalue weighted by Gasteiger charge is 2.58. The first-order chi connectivity index (χ1) is 17.8. The van der Waals surface area contributed by atoms with Gasteiger partial charge in [0, 0.05) is 49.6 Å². The lowest BCUT2D eigenvalue weighted by molar-refractivity contribution is -0.143. The number of aromatic nitrogens is 3. The fourth-order valence-electron chi connectivity index (χ4n) is 4.93. The van der Waals surface area contributed by atoms with Crippen LogP contribution < -0.4 is 5.32 Å². The molecular formula is C26H30N6O4S. The molecule has 1 saturated heterocycles. The Bertz CT molecular complexity index is 1330. The van der Waals surface area contributed by atoms with E-state index in [1.165, 1.54) is 11.3 Å². The molecule has 37 heavy (non-hydrogen) atoms. The highest BCUT2D eigenvalue weighted by Crippen LogP contribution is 2.48. The van der Waals surface area contributed by atoms with Crippen LogP contribution in [-0.2, 0) is 16.1 Å². The molecule has 1 N–H and O–H groups in total. The molecule has 3 aromatic rings. The van der Waals surface area contributed by atoms with Crippen LogP contribution in [0.2, 0.25) is 0 Å². The van der Waals surface area contributed by atoms with Gasteiger partial charge in [-0.1, -0.05) is 6.07 Å². The van der Waals surface area contributed by atoms with Crippen LogP contribution in [0.4, 0.5) is 0 Å². The quantitative estimate of drug-likeness (QED) is 0.452. The van der Waals surface area contributed by atoms with Gasteiger partial charge in [0.05, 0.1) is 17.7 Å². The third-order valence-corrected chi connectivity index (χ3v) is 8.14. The predicted molar refractivity (Wildman–Crippen MR) is 136 cm³/mol. The van der Waals surface area contributed by atoms with Gasteiger partial charge in [0.2, 0.25) is 23.6 Å². The molecule has 10 nitrogen and oxygen atoms in total. The van der Waals surface area contributed by atoms with E-state index < -0.39 is 5.41 Å². The van der Waals surface area contributed by atoms with E-state index in [0.29, 0.717) is 61.9 Å². The van der Waals surface area contributed by atoms with Crippen molar-refractivity contribution in [2.24, 2.45) is 11.3 Å². The number of rotatable bonds is 8. The van der Waals surface area contributed by atoms with Crippen molar-refractivity contribution in [3.05, 3.63) is 51.8 Å². The van der Waals surface area contributed by atoms with Gasteiger partial charge < -0.3 is 19.5 Å². The fraction of sp³-hybridized carbons (Fsp3) is 0.462. The highest BCUT2D eigenvalue weighted by atomic mass is 32.1. The van der Waals surface area contributed by atoms with Crippen molar-refractivity contribution in [2.75, 3.05) is 26.7 Å². The zero-order valence-corrected chi connectivity index (χ0v) is 22.0. The van der Waals surface area contributed by atoms with E-state index in [0.717, 1.165) is 17.0 Å². The molecule has 0 radical (unpaired) electrons. The molecule has 1 atom stereocenters. The number of nitrogens with zero attached hydrogens (tertiary/aromatic N) is 5. The molecule has 2 aromatic heterocycles. The molecule has 2 fully saturated rings.